The van der Waals surface area contributed by atoms with Crippen molar-refractivity contribution in [2.45, 2.75) is 0 Å². The van der Waals surface area contributed by atoms with Gasteiger partial charge in [-0.3, -0.25) is 0 Å². The minimum Gasteiger partial charge on any atom is -0.244 e. The summed E-state index contributed by atoms with van der Waals surface area (Å²) in [6, 6.07) is 7.79. The number of aromatic nitrogens is 7. The molecule has 0 atom stereocenters. The molecule has 0 N–H and O–H groups in total. The van der Waals surface area contributed by atoms with Gasteiger partial charge in [0.05, 0.1) is 16.4 Å². The molecular weight excluding hydrogens is 398 g/mol. The van der Waals surface area contributed by atoms with Gasteiger partial charge in [-0.15, -0.1) is 11.3 Å². The molecule has 6 heterocycles. The van der Waals surface area contributed by atoms with E-state index < -0.39 is 0 Å². The molecule has 6 rings (SSSR count). The molecule has 0 bridgehead atoms. The third-order valence-corrected chi connectivity index (χ3v) is 6.68. The van der Waals surface area contributed by atoms with Gasteiger partial charge < -0.3 is 0 Å². The second kappa shape index (κ2) is 5.78. The highest BCUT2D eigenvalue weighted by Gasteiger charge is 2.14. The monoisotopic (exact) mass is 405 g/mol. The van der Waals surface area contributed by atoms with Crippen LogP contribution in [0.1, 0.15) is 0 Å². The molecule has 0 saturated carbocycles. The fourth-order valence-electron chi connectivity index (χ4n) is 2.69. The van der Waals surface area contributed by atoms with Gasteiger partial charge in [-0.25, -0.2) is 34.9 Å². The number of hydrogen-bond donors (Lipinski definition) is 0. The maximum atomic E-state index is 4.65. The Morgan fingerprint density at radius 3 is 2.56 bits per heavy atom. The standard InChI is InChI=1S/C17H7N7S3/c1-2-8-14(18-5-1)26-16(23-8)10-6-19-17-13(22-10)24-15(27-17)9-3-4-11-12(21-9)20-7-25-11/h1-7H. The van der Waals surface area contributed by atoms with Crippen LogP contribution in [0.25, 0.3) is 52.6 Å². The molecule has 0 radical (unpaired) electrons. The van der Waals surface area contributed by atoms with E-state index >= 15 is 0 Å². The Morgan fingerprint density at radius 1 is 0.704 bits per heavy atom. The van der Waals surface area contributed by atoms with Crippen LogP contribution in [-0.2, 0) is 0 Å². The summed E-state index contributed by atoms with van der Waals surface area (Å²) in [7, 11) is 0. The number of thiazole rings is 3. The van der Waals surface area contributed by atoms with Gasteiger partial charge in [-0.05, 0) is 24.3 Å². The molecule has 128 valence electrons. The van der Waals surface area contributed by atoms with E-state index in [1.165, 1.54) is 22.7 Å². The molecule has 0 aliphatic heterocycles. The Hall–Kier alpha value is -2.95. The normalized spacial score (nSPS) is 11.7. The van der Waals surface area contributed by atoms with Crippen LogP contribution in [0.15, 0.2) is 42.2 Å². The van der Waals surface area contributed by atoms with E-state index in [1.54, 1.807) is 29.2 Å². The second-order valence-corrected chi connectivity index (χ2v) is 8.46. The summed E-state index contributed by atoms with van der Waals surface area (Å²) in [5.41, 5.74) is 5.47. The van der Waals surface area contributed by atoms with Gasteiger partial charge in [-0.1, -0.05) is 22.7 Å². The summed E-state index contributed by atoms with van der Waals surface area (Å²) in [6.07, 6.45) is 3.50. The molecule has 0 aliphatic rings. The lowest BCUT2D eigenvalue weighted by Crippen LogP contribution is -1.87. The minimum atomic E-state index is 0.597. The fourth-order valence-corrected chi connectivity index (χ4v) is 4.99. The summed E-state index contributed by atoms with van der Waals surface area (Å²) in [4.78, 5) is 33.3. The van der Waals surface area contributed by atoms with Crippen molar-refractivity contribution >= 4 is 65.2 Å². The molecule has 10 heteroatoms. The largest absolute Gasteiger partial charge is 0.244 e. The van der Waals surface area contributed by atoms with E-state index in [2.05, 4.69) is 34.9 Å². The lowest BCUT2D eigenvalue weighted by atomic mass is 10.3. The third-order valence-electron chi connectivity index (χ3n) is 3.92. The highest BCUT2D eigenvalue weighted by atomic mass is 32.1. The summed E-state index contributed by atoms with van der Waals surface area (Å²) in [5, 5.41) is 1.57. The average molecular weight is 405 g/mol. The molecule has 0 aliphatic carbocycles. The molecule has 0 spiro atoms. The van der Waals surface area contributed by atoms with Gasteiger partial charge in [0.2, 0.25) is 0 Å². The van der Waals surface area contributed by atoms with Gasteiger partial charge in [0.25, 0.3) is 0 Å². The second-order valence-electron chi connectivity index (χ2n) is 5.62. The smallest absolute Gasteiger partial charge is 0.190 e. The lowest BCUT2D eigenvalue weighted by Gasteiger charge is -1.94. The van der Waals surface area contributed by atoms with Crippen LogP contribution >= 0.6 is 34.0 Å². The zero-order chi connectivity index (χ0) is 17.8. The number of rotatable bonds is 2. The first-order chi connectivity index (χ1) is 13.3. The van der Waals surface area contributed by atoms with E-state index in [-0.39, 0.29) is 0 Å². The number of hydrogen-bond acceptors (Lipinski definition) is 10. The average Bonchev–Trinajstić information content (AvgIpc) is 3.42. The van der Waals surface area contributed by atoms with Crippen LogP contribution in [-0.4, -0.2) is 34.9 Å². The summed E-state index contributed by atoms with van der Waals surface area (Å²) < 4.78 is 1.06. The van der Waals surface area contributed by atoms with E-state index in [9.17, 15) is 0 Å². The first-order valence-electron chi connectivity index (χ1n) is 7.90. The van der Waals surface area contributed by atoms with Gasteiger partial charge in [0, 0.05) is 6.20 Å². The summed E-state index contributed by atoms with van der Waals surface area (Å²) in [6.45, 7) is 0. The van der Waals surface area contributed by atoms with Crippen molar-refractivity contribution in [1.29, 1.82) is 0 Å². The Kier molecular flexibility index (Phi) is 3.24. The number of pyridine rings is 2. The molecule has 0 fully saturated rings. The Balaban J connectivity index is 1.46. The lowest BCUT2D eigenvalue weighted by molar-refractivity contribution is 1.24. The Morgan fingerprint density at radius 2 is 1.59 bits per heavy atom. The molecule has 7 nitrogen and oxygen atoms in total. The topological polar surface area (TPSA) is 90.2 Å². The molecular formula is C17H7N7S3. The van der Waals surface area contributed by atoms with Gasteiger partial charge in [0.1, 0.15) is 31.8 Å². The predicted molar refractivity (Wildman–Crippen MR) is 108 cm³/mol. The van der Waals surface area contributed by atoms with Crippen LogP contribution in [0.3, 0.4) is 0 Å². The highest BCUT2D eigenvalue weighted by molar-refractivity contribution is 7.21. The Bertz CT molecular complexity index is 1420. The summed E-state index contributed by atoms with van der Waals surface area (Å²) >= 11 is 4.54. The van der Waals surface area contributed by atoms with E-state index in [4.69, 9.17) is 0 Å². The van der Waals surface area contributed by atoms with Gasteiger partial charge in [-0.2, -0.15) is 0 Å². The molecule has 0 saturated heterocycles. The van der Waals surface area contributed by atoms with Crippen LogP contribution in [0, 0.1) is 0 Å². The van der Waals surface area contributed by atoms with Crippen molar-refractivity contribution in [3.05, 3.63) is 42.2 Å². The maximum Gasteiger partial charge on any atom is 0.190 e. The van der Waals surface area contributed by atoms with Crippen molar-refractivity contribution in [1.82, 2.24) is 34.9 Å². The zero-order valence-electron chi connectivity index (χ0n) is 13.4. The number of nitrogens with zero attached hydrogens (tertiary/aromatic N) is 7. The molecule has 27 heavy (non-hydrogen) atoms. The number of fused-ring (bicyclic) bond motifs is 3. The maximum absolute atomic E-state index is 4.65. The third kappa shape index (κ3) is 2.49. The van der Waals surface area contributed by atoms with Crippen molar-refractivity contribution < 1.29 is 0 Å². The minimum absolute atomic E-state index is 0.597. The first kappa shape index (κ1) is 15.1. The SMILES string of the molecule is c1cnc2sc(-c3cnc4sc(-c5ccc6scnc6n5)nc4n3)nc2c1. The van der Waals surface area contributed by atoms with Gasteiger partial charge >= 0.3 is 0 Å². The molecule has 6 aromatic rings. The van der Waals surface area contributed by atoms with Crippen LogP contribution in [0.2, 0.25) is 0 Å². The van der Waals surface area contributed by atoms with Crippen molar-refractivity contribution in [3.63, 3.8) is 0 Å². The van der Waals surface area contributed by atoms with Crippen LogP contribution < -0.4 is 0 Å². The first-order valence-corrected chi connectivity index (χ1v) is 10.4. The van der Waals surface area contributed by atoms with Crippen molar-refractivity contribution in [2.75, 3.05) is 0 Å². The highest BCUT2D eigenvalue weighted by Crippen LogP contribution is 2.31. The van der Waals surface area contributed by atoms with Crippen molar-refractivity contribution in [2.24, 2.45) is 0 Å². The van der Waals surface area contributed by atoms with E-state index in [0.717, 1.165) is 41.2 Å². The predicted octanol–water partition coefficient (Wildman–Crippen LogP) is 4.43. The van der Waals surface area contributed by atoms with Crippen molar-refractivity contribution in [3.8, 4) is 21.4 Å². The quantitative estimate of drug-likeness (QED) is 0.421. The van der Waals surface area contributed by atoms with Gasteiger partial charge in [0.15, 0.2) is 16.1 Å². The van der Waals surface area contributed by atoms with E-state index in [1.807, 2.05) is 24.3 Å². The van der Waals surface area contributed by atoms with Crippen LogP contribution in [0.4, 0.5) is 0 Å². The Labute approximate surface area is 163 Å². The molecule has 0 amide bonds. The zero-order valence-corrected chi connectivity index (χ0v) is 15.8. The van der Waals surface area contributed by atoms with Crippen LogP contribution in [0.5, 0.6) is 0 Å². The summed E-state index contributed by atoms with van der Waals surface area (Å²) in [5.74, 6) is 0. The molecule has 0 aromatic carbocycles. The fraction of sp³-hybridized carbons (Fsp3) is 0. The van der Waals surface area contributed by atoms with E-state index in [0.29, 0.717) is 11.3 Å². The molecule has 0 unspecified atom stereocenters. The molecule has 6 aromatic heterocycles.